The molecule has 0 spiro atoms. The second-order valence-corrected chi connectivity index (χ2v) is 8.54. The summed E-state index contributed by atoms with van der Waals surface area (Å²) in [5.74, 6) is -0.170. The first kappa shape index (κ1) is 19.5. The molecule has 144 valence electrons. The molecule has 2 atom stereocenters. The topological polar surface area (TPSA) is 99.3 Å². The van der Waals surface area contributed by atoms with E-state index in [2.05, 4.69) is 20.9 Å². The van der Waals surface area contributed by atoms with Crippen molar-refractivity contribution in [3.63, 3.8) is 0 Å². The summed E-state index contributed by atoms with van der Waals surface area (Å²) in [5, 5.41) is 2.82. The van der Waals surface area contributed by atoms with Crippen molar-refractivity contribution in [1.82, 2.24) is 15.6 Å². The van der Waals surface area contributed by atoms with Crippen LogP contribution in [0.3, 0.4) is 0 Å². The Kier molecular flexibility index (Phi) is 5.91. The molecule has 1 amide bonds. The second kappa shape index (κ2) is 8.18. The standard InChI is InChI=1S/C19H24N4O3S/c1-13(2)23-27(25,26)16-10-8-15(9-11-16)20-19(24)18-12-17(21-22-18)14-6-4-3-5-7-14/h3-11,13,17-18,21-23H,12H2,1-2H3,(H,20,24). The van der Waals surface area contributed by atoms with Gasteiger partial charge in [0.1, 0.15) is 6.04 Å². The Morgan fingerprint density at radius 3 is 2.33 bits per heavy atom. The number of carbonyl (C=O) groups is 1. The summed E-state index contributed by atoms with van der Waals surface area (Å²) < 4.78 is 26.8. The predicted octanol–water partition coefficient (Wildman–Crippen LogP) is 1.92. The van der Waals surface area contributed by atoms with Gasteiger partial charge < -0.3 is 5.32 Å². The molecule has 0 saturated carbocycles. The third-order valence-corrected chi connectivity index (χ3v) is 5.92. The molecule has 1 aliphatic rings. The Morgan fingerprint density at radius 2 is 1.70 bits per heavy atom. The normalized spacial score (nSPS) is 20.0. The highest BCUT2D eigenvalue weighted by molar-refractivity contribution is 7.89. The summed E-state index contributed by atoms with van der Waals surface area (Å²) in [6, 6.07) is 15.6. The molecule has 2 unspecified atom stereocenters. The van der Waals surface area contributed by atoms with Gasteiger partial charge in [-0.3, -0.25) is 4.79 Å². The van der Waals surface area contributed by atoms with Crippen LogP contribution in [0.2, 0.25) is 0 Å². The molecule has 3 rings (SSSR count). The molecule has 4 N–H and O–H groups in total. The van der Waals surface area contributed by atoms with Crippen LogP contribution in [0.15, 0.2) is 59.5 Å². The number of benzene rings is 2. The van der Waals surface area contributed by atoms with Gasteiger partial charge in [-0.15, -0.1) is 0 Å². The van der Waals surface area contributed by atoms with E-state index in [1.54, 1.807) is 26.0 Å². The molecule has 2 aromatic rings. The fraction of sp³-hybridized carbons (Fsp3) is 0.316. The average molecular weight is 388 g/mol. The monoisotopic (exact) mass is 388 g/mol. The SMILES string of the molecule is CC(C)NS(=O)(=O)c1ccc(NC(=O)C2CC(c3ccccc3)NN2)cc1. The zero-order chi connectivity index (χ0) is 19.4. The van der Waals surface area contributed by atoms with Gasteiger partial charge >= 0.3 is 0 Å². The summed E-state index contributed by atoms with van der Waals surface area (Å²) in [5.41, 5.74) is 7.82. The number of sulfonamides is 1. The highest BCUT2D eigenvalue weighted by Gasteiger charge is 2.30. The smallest absolute Gasteiger partial charge is 0.242 e. The molecular weight excluding hydrogens is 364 g/mol. The van der Waals surface area contributed by atoms with Gasteiger partial charge in [-0.25, -0.2) is 24.0 Å². The van der Waals surface area contributed by atoms with Crippen LogP contribution >= 0.6 is 0 Å². The van der Waals surface area contributed by atoms with Crippen molar-refractivity contribution in [2.24, 2.45) is 0 Å². The molecule has 8 heteroatoms. The number of anilines is 1. The Bertz CT molecular complexity index is 883. The van der Waals surface area contributed by atoms with Gasteiger partial charge in [-0.2, -0.15) is 0 Å². The molecule has 0 aromatic heterocycles. The molecule has 2 aromatic carbocycles. The van der Waals surface area contributed by atoms with E-state index in [1.807, 2.05) is 30.3 Å². The molecule has 0 aliphatic carbocycles. The number of carbonyl (C=O) groups excluding carboxylic acids is 1. The van der Waals surface area contributed by atoms with Crippen molar-refractivity contribution >= 4 is 21.6 Å². The van der Waals surface area contributed by atoms with E-state index in [4.69, 9.17) is 0 Å². The lowest BCUT2D eigenvalue weighted by atomic mass is 10.0. The van der Waals surface area contributed by atoms with E-state index in [0.29, 0.717) is 12.1 Å². The summed E-state index contributed by atoms with van der Waals surface area (Å²) >= 11 is 0. The molecule has 1 heterocycles. The zero-order valence-electron chi connectivity index (χ0n) is 15.3. The van der Waals surface area contributed by atoms with Crippen molar-refractivity contribution in [2.45, 2.75) is 43.3 Å². The second-order valence-electron chi connectivity index (χ2n) is 6.83. The van der Waals surface area contributed by atoms with E-state index in [1.165, 1.54) is 12.1 Å². The predicted molar refractivity (Wildman–Crippen MR) is 104 cm³/mol. The van der Waals surface area contributed by atoms with Gasteiger partial charge in [0.15, 0.2) is 0 Å². The molecule has 1 saturated heterocycles. The fourth-order valence-electron chi connectivity index (χ4n) is 2.96. The third kappa shape index (κ3) is 4.92. The minimum absolute atomic E-state index is 0.0663. The molecule has 27 heavy (non-hydrogen) atoms. The third-order valence-electron chi connectivity index (χ3n) is 4.24. The Hall–Kier alpha value is -2.26. The van der Waals surface area contributed by atoms with Gasteiger partial charge in [0, 0.05) is 17.8 Å². The van der Waals surface area contributed by atoms with Gasteiger partial charge in [0.05, 0.1) is 4.90 Å². The number of amides is 1. The van der Waals surface area contributed by atoms with Gasteiger partial charge in [0.2, 0.25) is 15.9 Å². The van der Waals surface area contributed by atoms with E-state index in [0.717, 1.165) is 5.56 Å². The van der Waals surface area contributed by atoms with Crippen LogP contribution in [0.4, 0.5) is 5.69 Å². The molecule has 1 aliphatic heterocycles. The zero-order valence-corrected chi connectivity index (χ0v) is 16.1. The van der Waals surface area contributed by atoms with Gasteiger partial charge in [0.25, 0.3) is 0 Å². The highest BCUT2D eigenvalue weighted by atomic mass is 32.2. The first-order valence-corrected chi connectivity index (χ1v) is 10.3. The first-order chi connectivity index (χ1) is 12.8. The van der Waals surface area contributed by atoms with Crippen LogP contribution in [-0.4, -0.2) is 26.4 Å². The minimum Gasteiger partial charge on any atom is -0.325 e. The van der Waals surface area contributed by atoms with Crippen LogP contribution in [0, 0.1) is 0 Å². The number of hydrogen-bond acceptors (Lipinski definition) is 5. The van der Waals surface area contributed by atoms with Crippen LogP contribution in [0.1, 0.15) is 31.9 Å². The summed E-state index contributed by atoms with van der Waals surface area (Å²) in [7, 11) is -3.54. The quantitative estimate of drug-likeness (QED) is 0.606. The fourth-order valence-corrected chi connectivity index (χ4v) is 4.21. The number of rotatable bonds is 6. The van der Waals surface area contributed by atoms with Crippen LogP contribution in [0.5, 0.6) is 0 Å². The van der Waals surface area contributed by atoms with Crippen LogP contribution < -0.4 is 20.9 Å². The average Bonchev–Trinajstić information content (AvgIpc) is 3.12. The van der Waals surface area contributed by atoms with E-state index in [-0.39, 0.29) is 28.9 Å². The first-order valence-electron chi connectivity index (χ1n) is 8.84. The minimum atomic E-state index is -3.54. The molecule has 0 radical (unpaired) electrons. The van der Waals surface area contributed by atoms with Crippen molar-refractivity contribution < 1.29 is 13.2 Å². The maximum Gasteiger partial charge on any atom is 0.242 e. The van der Waals surface area contributed by atoms with Crippen molar-refractivity contribution in [3.05, 3.63) is 60.2 Å². The lowest BCUT2D eigenvalue weighted by molar-refractivity contribution is -0.117. The summed E-state index contributed by atoms with van der Waals surface area (Å²) in [6.07, 6.45) is 0.626. The lowest BCUT2D eigenvalue weighted by Gasteiger charge is -2.12. The van der Waals surface area contributed by atoms with E-state index in [9.17, 15) is 13.2 Å². The molecule has 0 bridgehead atoms. The largest absolute Gasteiger partial charge is 0.325 e. The van der Waals surface area contributed by atoms with Crippen LogP contribution in [0.25, 0.3) is 0 Å². The highest BCUT2D eigenvalue weighted by Crippen LogP contribution is 2.23. The number of hydrazine groups is 1. The van der Waals surface area contributed by atoms with Gasteiger partial charge in [-0.05, 0) is 50.1 Å². The molecule has 1 fully saturated rings. The lowest BCUT2D eigenvalue weighted by Crippen LogP contribution is -2.39. The summed E-state index contributed by atoms with van der Waals surface area (Å²) in [4.78, 5) is 12.6. The van der Waals surface area contributed by atoms with Crippen molar-refractivity contribution in [2.75, 3.05) is 5.32 Å². The van der Waals surface area contributed by atoms with Crippen molar-refractivity contribution in [3.8, 4) is 0 Å². The van der Waals surface area contributed by atoms with E-state index >= 15 is 0 Å². The maximum absolute atomic E-state index is 12.5. The summed E-state index contributed by atoms with van der Waals surface area (Å²) in [6.45, 7) is 3.52. The van der Waals surface area contributed by atoms with Crippen molar-refractivity contribution in [1.29, 1.82) is 0 Å². The number of nitrogens with one attached hydrogen (secondary N) is 4. The molecular formula is C19H24N4O3S. The maximum atomic E-state index is 12.5. The Balaban J connectivity index is 1.60. The van der Waals surface area contributed by atoms with E-state index < -0.39 is 10.0 Å². The number of hydrogen-bond donors (Lipinski definition) is 4. The molecule has 7 nitrogen and oxygen atoms in total. The van der Waals surface area contributed by atoms with Crippen LogP contribution in [-0.2, 0) is 14.8 Å². The Morgan fingerprint density at radius 1 is 1.04 bits per heavy atom. The van der Waals surface area contributed by atoms with Gasteiger partial charge in [-0.1, -0.05) is 30.3 Å². The Labute approximate surface area is 159 Å².